The highest BCUT2D eigenvalue weighted by molar-refractivity contribution is 9.10. The lowest BCUT2D eigenvalue weighted by molar-refractivity contribution is -0.141. The van der Waals surface area contributed by atoms with Crippen molar-refractivity contribution in [2.75, 3.05) is 5.32 Å². The van der Waals surface area contributed by atoms with Gasteiger partial charge in [-0.25, -0.2) is 4.79 Å². The van der Waals surface area contributed by atoms with E-state index < -0.39 is 11.5 Å². The molecule has 1 rings (SSSR count). The molecule has 3 nitrogen and oxygen atoms in total. The summed E-state index contributed by atoms with van der Waals surface area (Å²) in [6.45, 7) is 3.24. The lowest BCUT2D eigenvalue weighted by atomic mass is 10.1. The van der Waals surface area contributed by atoms with Crippen molar-refractivity contribution in [3.05, 3.63) is 28.7 Å². The second kappa shape index (κ2) is 4.00. The Hall–Kier alpha value is -1.03. The lowest BCUT2D eigenvalue weighted by Crippen LogP contribution is -2.39. The van der Waals surface area contributed by atoms with E-state index in [1.165, 1.54) is 0 Å². The SMILES string of the molecule is CC(C)(Nc1cccc(Br)c1)C(=O)O. The number of rotatable bonds is 3. The molecule has 0 atom stereocenters. The van der Waals surface area contributed by atoms with Crippen LogP contribution in [0.5, 0.6) is 0 Å². The first-order valence-electron chi connectivity index (χ1n) is 4.19. The van der Waals surface area contributed by atoms with E-state index in [0.29, 0.717) is 0 Å². The van der Waals surface area contributed by atoms with Crippen molar-refractivity contribution in [3.8, 4) is 0 Å². The summed E-state index contributed by atoms with van der Waals surface area (Å²) < 4.78 is 0.920. The van der Waals surface area contributed by atoms with Gasteiger partial charge in [-0.05, 0) is 32.0 Å². The number of hydrogen-bond acceptors (Lipinski definition) is 2. The second-order valence-corrected chi connectivity index (χ2v) is 4.48. The highest BCUT2D eigenvalue weighted by Gasteiger charge is 2.26. The molecule has 0 saturated heterocycles. The van der Waals surface area contributed by atoms with Crippen LogP contribution in [0.4, 0.5) is 5.69 Å². The molecule has 0 radical (unpaired) electrons. The van der Waals surface area contributed by atoms with E-state index in [0.717, 1.165) is 10.2 Å². The van der Waals surface area contributed by atoms with E-state index in [-0.39, 0.29) is 0 Å². The number of carbonyl (C=O) groups is 1. The van der Waals surface area contributed by atoms with Crippen molar-refractivity contribution in [2.45, 2.75) is 19.4 Å². The minimum absolute atomic E-state index is 0.784. The highest BCUT2D eigenvalue weighted by Crippen LogP contribution is 2.19. The van der Waals surface area contributed by atoms with Crippen molar-refractivity contribution in [1.82, 2.24) is 0 Å². The number of nitrogens with one attached hydrogen (secondary N) is 1. The Morgan fingerprint density at radius 3 is 2.64 bits per heavy atom. The fraction of sp³-hybridized carbons (Fsp3) is 0.300. The number of benzene rings is 1. The van der Waals surface area contributed by atoms with Gasteiger partial charge in [0.15, 0.2) is 0 Å². The van der Waals surface area contributed by atoms with Gasteiger partial charge in [0.1, 0.15) is 5.54 Å². The molecule has 0 heterocycles. The first kappa shape index (κ1) is 11.0. The van der Waals surface area contributed by atoms with Gasteiger partial charge in [0, 0.05) is 10.2 Å². The molecular weight excluding hydrogens is 246 g/mol. The van der Waals surface area contributed by atoms with Gasteiger partial charge in [-0.1, -0.05) is 22.0 Å². The monoisotopic (exact) mass is 257 g/mol. The van der Waals surface area contributed by atoms with Crippen LogP contribution in [0.2, 0.25) is 0 Å². The molecule has 0 spiro atoms. The van der Waals surface area contributed by atoms with Crippen LogP contribution in [0.15, 0.2) is 28.7 Å². The van der Waals surface area contributed by atoms with Crippen LogP contribution in [-0.4, -0.2) is 16.6 Å². The summed E-state index contributed by atoms with van der Waals surface area (Å²) in [4.78, 5) is 10.8. The molecule has 0 aromatic heterocycles. The molecule has 2 N–H and O–H groups in total. The van der Waals surface area contributed by atoms with Gasteiger partial charge in [0.05, 0.1) is 0 Å². The number of hydrogen-bond donors (Lipinski definition) is 2. The summed E-state index contributed by atoms with van der Waals surface area (Å²) in [5, 5.41) is 11.8. The summed E-state index contributed by atoms with van der Waals surface area (Å²) in [6.07, 6.45) is 0. The average molecular weight is 258 g/mol. The Morgan fingerprint density at radius 1 is 1.50 bits per heavy atom. The quantitative estimate of drug-likeness (QED) is 0.876. The van der Waals surface area contributed by atoms with Gasteiger partial charge in [-0.2, -0.15) is 0 Å². The Balaban J connectivity index is 2.83. The fourth-order valence-electron chi connectivity index (χ4n) is 0.981. The summed E-state index contributed by atoms with van der Waals surface area (Å²) >= 11 is 3.32. The van der Waals surface area contributed by atoms with Gasteiger partial charge in [0.25, 0.3) is 0 Å². The molecule has 4 heteroatoms. The summed E-state index contributed by atoms with van der Waals surface area (Å²) in [5.41, 5.74) is -0.173. The minimum atomic E-state index is -0.958. The number of aliphatic carboxylic acids is 1. The zero-order valence-corrected chi connectivity index (χ0v) is 9.63. The molecule has 1 aromatic carbocycles. The zero-order chi connectivity index (χ0) is 10.8. The van der Waals surface area contributed by atoms with E-state index in [1.807, 2.05) is 24.3 Å². The first-order valence-corrected chi connectivity index (χ1v) is 4.98. The number of anilines is 1. The predicted molar refractivity (Wildman–Crippen MR) is 59.5 cm³/mol. The van der Waals surface area contributed by atoms with E-state index in [9.17, 15) is 4.79 Å². The van der Waals surface area contributed by atoms with Crippen LogP contribution in [0.25, 0.3) is 0 Å². The Bertz CT molecular complexity index is 350. The summed E-state index contributed by atoms with van der Waals surface area (Å²) in [5.74, 6) is -0.877. The third-order valence-electron chi connectivity index (χ3n) is 1.82. The standard InChI is InChI=1S/C10H12BrNO2/c1-10(2,9(13)14)12-8-5-3-4-7(11)6-8/h3-6,12H,1-2H3,(H,13,14). The largest absolute Gasteiger partial charge is 0.480 e. The van der Waals surface area contributed by atoms with Crippen molar-refractivity contribution in [2.24, 2.45) is 0 Å². The van der Waals surface area contributed by atoms with Crippen LogP contribution >= 0.6 is 15.9 Å². The van der Waals surface area contributed by atoms with Crippen LogP contribution in [0.1, 0.15) is 13.8 Å². The maximum absolute atomic E-state index is 10.8. The molecule has 0 fully saturated rings. The fourth-order valence-corrected chi connectivity index (χ4v) is 1.38. The van der Waals surface area contributed by atoms with Crippen molar-refractivity contribution >= 4 is 27.6 Å². The van der Waals surface area contributed by atoms with Crippen molar-refractivity contribution in [3.63, 3.8) is 0 Å². The second-order valence-electron chi connectivity index (χ2n) is 3.57. The van der Waals surface area contributed by atoms with E-state index >= 15 is 0 Å². The molecule has 0 amide bonds. The van der Waals surface area contributed by atoms with Crippen LogP contribution < -0.4 is 5.32 Å². The van der Waals surface area contributed by atoms with E-state index in [1.54, 1.807) is 13.8 Å². The number of carboxylic acid groups (broad SMARTS) is 1. The van der Waals surface area contributed by atoms with Gasteiger partial charge in [-0.15, -0.1) is 0 Å². The topological polar surface area (TPSA) is 49.3 Å². The molecule has 14 heavy (non-hydrogen) atoms. The maximum atomic E-state index is 10.8. The third-order valence-corrected chi connectivity index (χ3v) is 2.31. The lowest BCUT2D eigenvalue weighted by Gasteiger charge is -2.22. The Morgan fingerprint density at radius 2 is 2.14 bits per heavy atom. The predicted octanol–water partition coefficient (Wildman–Crippen LogP) is 2.72. The Labute approximate surface area is 91.3 Å². The van der Waals surface area contributed by atoms with E-state index in [4.69, 9.17) is 5.11 Å². The zero-order valence-electron chi connectivity index (χ0n) is 8.04. The third kappa shape index (κ3) is 2.73. The molecule has 0 aliphatic rings. The number of carboxylic acids is 1. The maximum Gasteiger partial charge on any atom is 0.328 e. The minimum Gasteiger partial charge on any atom is -0.480 e. The van der Waals surface area contributed by atoms with Gasteiger partial charge in [-0.3, -0.25) is 0 Å². The molecule has 0 aliphatic heterocycles. The molecular formula is C10H12BrNO2. The van der Waals surface area contributed by atoms with Gasteiger partial charge >= 0.3 is 5.97 Å². The van der Waals surface area contributed by atoms with Crippen LogP contribution in [0.3, 0.4) is 0 Å². The molecule has 1 aromatic rings. The first-order chi connectivity index (χ1) is 6.42. The number of halogens is 1. The Kier molecular flexibility index (Phi) is 3.16. The highest BCUT2D eigenvalue weighted by atomic mass is 79.9. The van der Waals surface area contributed by atoms with E-state index in [2.05, 4.69) is 21.2 Å². The molecule has 0 unspecified atom stereocenters. The summed E-state index contributed by atoms with van der Waals surface area (Å²) in [7, 11) is 0. The average Bonchev–Trinajstić information content (AvgIpc) is 2.02. The van der Waals surface area contributed by atoms with Crippen LogP contribution in [0, 0.1) is 0 Å². The van der Waals surface area contributed by atoms with Gasteiger partial charge < -0.3 is 10.4 Å². The van der Waals surface area contributed by atoms with Crippen molar-refractivity contribution < 1.29 is 9.90 Å². The summed E-state index contributed by atoms with van der Waals surface area (Å²) in [6, 6.07) is 7.41. The molecule has 0 aliphatic carbocycles. The van der Waals surface area contributed by atoms with Gasteiger partial charge in [0.2, 0.25) is 0 Å². The molecule has 76 valence electrons. The molecule has 0 saturated carbocycles. The normalized spacial score (nSPS) is 11.1. The van der Waals surface area contributed by atoms with Crippen molar-refractivity contribution in [1.29, 1.82) is 0 Å². The van der Waals surface area contributed by atoms with Crippen LogP contribution in [-0.2, 0) is 4.79 Å². The smallest absolute Gasteiger partial charge is 0.328 e. The molecule has 0 bridgehead atoms.